The molecule has 0 aliphatic rings. The van der Waals surface area contributed by atoms with Crippen LogP contribution in [0.25, 0.3) is 20.7 Å². The maximum atomic E-state index is 12.7. The first-order chi connectivity index (χ1) is 13.6. The number of anilines is 1. The fourth-order valence-electron chi connectivity index (χ4n) is 2.51. The van der Waals surface area contributed by atoms with Gasteiger partial charge in [0.25, 0.3) is 5.56 Å². The zero-order valence-corrected chi connectivity index (χ0v) is 16.3. The third-order valence-corrected chi connectivity index (χ3v) is 5.63. The molecule has 0 saturated carbocycles. The van der Waals surface area contributed by atoms with E-state index in [4.69, 9.17) is 4.74 Å². The van der Waals surface area contributed by atoms with Gasteiger partial charge in [0.05, 0.1) is 5.39 Å². The van der Waals surface area contributed by atoms with E-state index in [-0.39, 0.29) is 12.1 Å². The average Bonchev–Trinajstić information content (AvgIpc) is 3.32. The fourth-order valence-corrected chi connectivity index (χ4v) is 4.21. The molecular formula is C17H14N6O3S2. The second kappa shape index (κ2) is 7.92. The van der Waals surface area contributed by atoms with Gasteiger partial charge >= 0.3 is 0 Å². The number of thiophene rings is 1. The van der Waals surface area contributed by atoms with Gasteiger partial charge in [0.2, 0.25) is 11.0 Å². The molecule has 0 aliphatic heterocycles. The molecular weight excluding hydrogens is 400 g/mol. The molecule has 0 bridgehead atoms. The average molecular weight is 414 g/mol. The van der Waals surface area contributed by atoms with E-state index in [9.17, 15) is 9.59 Å². The number of methoxy groups -OCH3 is 1. The number of fused-ring (bicyclic) bond motifs is 1. The highest BCUT2D eigenvalue weighted by Crippen LogP contribution is 2.30. The van der Waals surface area contributed by atoms with Crippen molar-refractivity contribution in [3.8, 4) is 10.4 Å². The van der Waals surface area contributed by atoms with E-state index >= 15 is 0 Å². The van der Waals surface area contributed by atoms with Crippen LogP contribution in [0.5, 0.6) is 0 Å². The van der Waals surface area contributed by atoms with Crippen molar-refractivity contribution in [2.24, 2.45) is 0 Å². The Bertz CT molecular complexity index is 1180. The monoisotopic (exact) mass is 414 g/mol. The van der Waals surface area contributed by atoms with E-state index in [0.29, 0.717) is 27.0 Å². The number of aromatic nitrogens is 5. The lowest BCUT2D eigenvalue weighted by Gasteiger charge is -2.02. The first-order valence-corrected chi connectivity index (χ1v) is 9.81. The Labute approximate surface area is 166 Å². The second-order valence-electron chi connectivity index (χ2n) is 5.73. The van der Waals surface area contributed by atoms with Crippen molar-refractivity contribution in [3.05, 3.63) is 51.8 Å². The number of ether oxygens (including phenoxy) is 1. The Balaban J connectivity index is 1.54. The molecule has 142 valence electrons. The summed E-state index contributed by atoms with van der Waals surface area (Å²) < 4.78 is 6.00. The standard InChI is InChI=1S/C17H14N6O3S2/c1-26-9-14-19-21-17(28-14)18-13(24)8-23-16(25)11-7-12(27-15(11)20-22-23)10-5-3-2-4-6-10/h2-7H,8-9H2,1H3,(H,18,21,24). The summed E-state index contributed by atoms with van der Waals surface area (Å²) in [6, 6.07) is 11.5. The molecule has 4 aromatic rings. The van der Waals surface area contributed by atoms with E-state index in [2.05, 4.69) is 25.8 Å². The van der Waals surface area contributed by atoms with Crippen LogP contribution in [0.1, 0.15) is 5.01 Å². The van der Waals surface area contributed by atoms with Crippen LogP contribution in [0.3, 0.4) is 0 Å². The lowest BCUT2D eigenvalue weighted by atomic mass is 10.2. The number of carbonyl (C=O) groups is 1. The third-order valence-electron chi connectivity index (χ3n) is 3.75. The van der Waals surface area contributed by atoms with Crippen molar-refractivity contribution >= 4 is 43.9 Å². The van der Waals surface area contributed by atoms with Gasteiger partial charge in [0.15, 0.2) is 4.83 Å². The predicted octanol–water partition coefficient (Wildman–Crippen LogP) is 2.16. The molecule has 28 heavy (non-hydrogen) atoms. The molecule has 1 N–H and O–H groups in total. The first kappa shape index (κ1) is 18.3. The SMILES string of the molecule is COCc1nnc(NC(=O)Cn2nnc3sc(-c4ccccc4)cc3c2=O)s1. The quantitative estimate of drug-likeness (QED) is 0.514. The van der Waals surface area contributed by atoms with E-state index < -0.39 is 5.91 Å². The molecule has 3 heterocycles. The summed E-state index contributed by atoms with van der Waals surface area (Å²) in [6.07, 6.45) is 0. The van der Waals surface area contributed by atoms with Crippen molar-refractivity contribution in [2.45, 2.75) is 13.2 Å². The maximum Gasteiger partial charge on any atom is 0.279 e. The maximum absolute atomic E-state index is 12.7. The van der Waals surface area contributed by atoms with Crippen LogP contribution < -0.4 is 10.9 Å². The Morgan fingerprint density at radius 1 is 1.18 bits per heavy atom. The Hall–Kier alpha value is -3.02. The summed E-state index contributed by atoms with van der Waals surface area (Å²) in [6.45, 7) is 0.0501. The number of nitrogens with one attached hydrogen (secondary N) is 1. The highest BCUT2D eigenvalue weighted by Gasteiger charge is 2.14. The van der Waals surface area contributed by atoms with Crippen LogP contribution in [-0.2, 0) is 22.7 Å². The van der Waals surface area contributed by atoms with Crippen molar-refractivity contribution in [1.29, 1.82) is 0 Å². The van der Waals surface area contributed by atoms with E-state index in [1.165, 1.54) is 22.7 Å². The molecule has 1 amide bonds. The summed E-state index contributed by atoms with van der Waals surface area (Å²) in [5.74, 6) is -0.436. The van der Waals surface area contributed by atoms with Crippen molar-refractivity contribution in [2.75, 3.05) is 12.4 Å². The number of carbonyl (C=O) groups excluding carboxylic acids is 1. The largest absolute Gasteiger partial charge is 0.377 e. The van der Waals surface area contributed by atoms with Crippen LogP contribution >= 0.6 is 22.7 Å². The molecule has 4 rings (SSSR count). The Kier molecular flexibility index (Phi) is 5.19. The summed E-state index contributed by atoms with van der Waals surface area (Å²) in [4.78, 5) is 26.4. The smallest absolute Gasteiger partial charge is 0.279 e. The molecule has 0 radical (unpaired) electrons. The lowest BCUT2D eigenvalue weighted by molar-refractivity contribution is -0.117. The number of hydrogen-bond donors (Lipinski definition) is 1. The molecule has 0 atom stereocenters. The van der Waals surface area contributed by atoms with Gasteiger partial charge in [0, 0.05) is 12.0 Å². The van der Waals surface area contributed by atoms with Crippen molar-refractivity contribution in [3.63, 3.8) is 0 Å². The van der Waals surface area contributed by atoms with E-state index in [1.54, 1.807) is 13.2 Å². The molecule has 0 aliphatic carbocycles. The fraction of sp³-hybridized carbons (Fsp3) is 0.176. The second-order valence-corrected chi connectivity index (χ2v) is 7.82. The summed E-state index contributed by atoms with van der Waals surface area (Å²) in [5, 5.41) is 19.7. The van der Waals surface area contributed by atoms with E-state index in [1.807, 2.05) is 30.3 Å². The van der Waals surface area contributed by atoms with Crippen LogP contribution in [0.2, 0.25) is 0 Å². The molecule has 0 spiro atoms. The number of rotatable bonds is 6. The van der Waals surface area contributed by atoms with Gasteiger partial charge in [-0.1, -0.05) is 46.9 Å². The molecule has 11 heteroatoms. The molecule has 0 saturated heterocycles. The minimum atomic E-state index is -0.436. The third kappa shape index (κ3) is 3.81. The number of nitrogens with zero attached hydrogens (tertiary/aromatic N) is 5. The topological polar surface area (TPSA) is 112 Å². The van der Waals surface area contributed by atoms with Gasteiger partial charge < -0.3 is 4.74 Å². The van der Waals surface area contributed by atoms with Crippen LogP contribution in [0, 0.1) is 0 Å². The van der Waals surface area contributed by atoms with Gasteiger partial charge in [0.1, 0.15) is 18.2 Å². The van der Waals surface area contributed by atoms with E-state index in [0.717, 1.165) is 15.1 Å². The molecule has 9 nitrogen and oxygen atoms in total. The normalized spacial score (nSPS) is 11.0. The first-order valence-electron chi connectivity index (χ1n) is 8.18. The van der Waals surface area contributed by atoms with Crippen molar-refractivity contribution in [1.82, 2.24) is 25.2 Å². The molecule has 3 aromatic heterocycles. The van der Waals surface area contributed by atoms with Crippen LogP contribution in [-0.4, -0.2) is 38.2 Å². The minimum absolute atomic E-state index is 0.266. The zero-order chi connectivity index (χ0) is 19.5. The summed E-state index contributed by atoms with van der Waals surface area (Å²) in [5.41, 5.74) is 0.633. The molecule has 1 aromatic carbocycles. The van der Waals surface area contributed by atoms with Gasteiger partial charge in [-0.15, -0.1) is 26.6 Å². The highest BCUT2D eigenvalue weighted by molar-refractivity contribution is 7.21. The van der Waals surface area contributed by atoms with Crippen LogP contribution in [0.4, 0.5) is 5.13 Å². The Morgan fingerprint density at radius 3 is 2.79 bits per heavy atom. The van der Waals surface area contributed by atoms with Gasteiger partial charge in [-0.25, -0.2) is 4.68 Å². The van der Waals surface area contributed by atoms with Crippen LogP contribution in [0.15, 0.2) is 41.2 Å². The lowest BCUT2D eigenvalue weighted by Crippen LogP contribution is -2.30. The zero-order valence-electron chi connectivity index (χ0n) is 14.7. The van der Waals surface area contributed by atoms with Gasteiger partial charge in [-0.05, 0) is 11.6 Å². The predicted molar refractivity (Wildman–Crippen MR) is 106 cm³/mol. The summed E-state index contributed by atoms with van der Waals surface area (Å²) in [7, 11) is 1.55. The minimum Gasteiger partial charge on any atom is -0.377 e. The number of hydrogen-bond acceptors (Lipinski definition) is 9. The Morgan fingerprint density at radius 2 is 2.00 bits per heavy atom. The summed E-state index contributed by atoms with van der Waals surface area (Å²) >= 11 is 2.59. The number of amides is 1. The van der Waals surface area contributed by atoms with Gasteiger partial charge in [-0.2, -0.15) is 0 Å². The highest BCUT2D eigenvalue weighted by atomic mass is 32.1. The molecule has 0 unspecified atom stereocenters. The van der Waals surface area contributed by atoms with Crippen molar-refractivity contribution < 1.29 is 9.53 Å². The molecule has 0 fully saturated rings. The number of benzene rings is 1. The van der Waals surface area contributed by atoms with Gasteiger partial charge in [-0.3, -0.25) is 14.9 Å².